The number of aryl methyl sites for hydroxylation is 1. The van der Waals surface area contributed by atoms with Crippen LogP contribution >= 0.6 is 0 Å². The Morgan fingerprint density at radius 1 is 1.18 bits per heavy atom. The predicted molar refractivity (Wildman–Crippen MR) is 68.8 cm³/mol. The van der Waals surface area contributed by atoms with Gasteiger partial charge in [0.15, 0.2) is 0 Å². The second kappa shape index (κ2) is 3.30. The van der Waals surface area contributed by atoms with E-state index in [9.17, 15) is 0 Å². The normalized spacial score (nSPS) is 32.9. The van der Waals surface area contributed by atoms with Crippen LogP contribution in [0.15, 0.2) is 12.5 Å². The predicted octanol–water partition coefficient (Wildman–Crippen LogP) is 3.58. The van der Waals surface area contributed by atoms with Crippen molar-refractivity contribution in [2.24, 2.45) is 16.7 Å². The Balaban J connectivity index is 2.13. The topological polar surface area (TPSA) is 25.8 Å². The van der Waals surface area contributed by atoms with E-state index >= 15 is 0 Å². The van der Waals surface area contributed by atoms with Crippen molar-refractivity contribution in [3.05, 3.63) is 23.8 Å². The van der Waals surface area contributed by atoms with E-state index in [1.165, 1.54) is 24.1 Å². The van der Waals surface area contributed by atoms with E-state index in [1.807, 2.05) is 6.20 Å². The third-order valence-corrected chi connectivity index (χ3v) is 5.00. The number of aromatic nitrogens is 2. The minimum absolute atomic E-state index is 0.373. The highest BCUT2D eigenvalue weighted by atomic mass is 14.8. The van der Waals surface area contributed by atoms with Crippen LogP contribution in [0.2, 0.25) is 0 Å². The molecule has 0 amide bonds. The van der Waals surface area contributed by atoms with Gasteiger partial charge < -0.3 is 0 Å². The van der Waals surface area contributed by atoms with Gasteiger partial charge in [-0.05, 0) is 41.6 Å². The van der Waals surface area contributed by atoms with Crippen LogP contribution in [0, 0.1) is 16.7 Å². The maximum Gasteiger partial charge on any atom is 0.115 e. The number of fused-ring (bicyclic) bond motifs is 3. The van der Waals surface area contributed by atoms with E-state index in [4.69, 9.17) is 0 Å². The SMILES string of the molecule is CC1(C)CC(C)(C)C2c3ncncc3CCC21. The summed E-state index contributed by atoms with van der Waals surface area (Å²) in [6, 6.07) is 0. The van der Waals surface area contributed by atoms with Crippen molar-refractivity contribution in [1.29, 1.82) is 0 Å². The molecule has 0 aromatic carbocycles. The molecule has 1 aromatic rings. The maximum absolute atomic E-state index is 4.61. The number of nitrogens with zero attached hydrogens (tertiary/aromatic N) is 2. The molecule has 0 N–H and O–H groups in total. The highest BCUT2D eigenvalue weighted by Crippen LogP contribution is 2.63. The summed E-state index contributed by atoms with van der Waals surface area (Å²) >= 11 is 0. The molecule has 0 saturated heterocycles. The average molecular weight is 230 g/mol. The van der Waals surface area contributed by atoms with Crippen molar-refractivity contribution in [2.75, 3.05) is 0 Å². The van der Waals surface area contributed by atoms with Gasteiger partial charge in [-0.2, -0.15) is 0 Å². The first-order valence-corrected chi connectivity index (χ1v) is 6.71. The molecule has 2 heteroatoms. The van der Waals surface area contributed by atoms with Crippen LogP contribution in [0.3, 0.4) is 0 Å². The smallest absolute Gasteiger partial charge is 0.115 e. The van der Waals surface area contributed by atoms with Crippen LogP contribution < -0.4 is 0 Å². The van der Waals surface area contributed by atoms with Crippen molar-refractivity contribution < 1.29 is 0 Å². The number of rotatable bonds is 0. The van der Waals surface area contributed by atoms with Gasteiger partial charge in [0.2, 0.25) is 0 Å². The van der Waals surface area contributed by atoms with E-state index in [0.717, 1.165) is 12.3 Å². The summed E-state index contributed by atoms with van der Waals surface area (Å²) in [4.78, 5) is 8.80. The third kappa shape index (κ3) is 1.53. The van der Waals surface area contributed by atoms with Crippen LogP contribution in [0.25, 0.3) is 0 Å². The zero-order valence-electron chi connectivity index (χ0n) is 11.3. The Morgan fingerprint density at radius 3 is 2.71 bits per heavy atom. The molecule has 1 aromatic heterocycles. The molecule has 0 bridgehead atoms. The van der Waals surface area contributed by atoms with Gasteiger partial charge in [0.05, 0.1) is 5.69 Å². The third-order valence-electron chi connectivity index (χ3n) is 5.00. The molecule has 2 atom stereocenters. The Kier molecular flexibility index (Phi) is 2.17. The second-order valence-corrected chi connectivity index (χ2v) is 7.21. The first kappa shape index (κ1) is 11.2. The zero-order valence-corrected chi connectivity index (χ0v) is 11.3. The summed E-state index contributed by atoms with van der Waals surface area (Å²) in [5, 5.41) is 0. The Labute approximate surface area is 104 Å². The molecule has 2 unspecified atom stereocenters. The van der Waals surface area contributed by atoms with Gasteiger partial charge in [-0.3, -0.25) is 0 Å². The van der Waals surface area contributed by atoms with Crippen molar-refractivity contribution in [1.82, 2.24) is 9.97 Å². The van der Waals surface area contributed by atoms with Crippen LogP contribution in [-0.4, -0.2) is 9.97 Å². The summed E-state index contributed by atoms with van der Waals surface area (Å²) in [5.41, 5.74) is 3.56. The van der Waals surface area contributed by atoms with E-state index in [2.05, 4.69) is 37.7 Å². The minimum atomic E-state index is 0.373. The first-order chi connectivity index (χ1) is 7.92. The molecule has 1 heterocycles. The summed E-state index contributed by atoms with van der Waals surface area (Å²) in [7, 11) is 0. The molecule has 2 nitrogen and oxygen atoms in total. The fourth-order valence-electron chi connectivity index (χ4n) is 4.68. The maximum atomic E-state index is 4.61. The molecule has 2 aliphatic carbocycles. The lowest BCUT2D eigenvalue weighted by Crippen LogP contribution is -2.29. The van der Waals surface area contributed by atoms with E-state index < -0.39 is 0 Å². The number of hydrogen-bond donors (Lipinski definition) is 0. The number of hydrogen-bond acceptors (Lipinski definition) is 2. The van der Waals surface area contributed by atoms with Gasteiger partial charge in [0.1, 0.15) is 6.33 Å². The molecule has 1 saturated carbocycles. The Morgan fingerprint density at radius 2 is 1.94 bits per heavy atom. The fraction of sp³-hybridized carbons (Fsp3) is 0.733. The molecule has 0 aliphatic heterocycles. The fourth-order valence-corrected chi connectivity index (χ4v) is 4.68. The molecular weight excluding hydrogens is 208 g/mol. The monoisotopic (exact) mass is 230 g/mol. The van der Waals surface area contributed by atoms with Crippen LogP contribution in [0.5, 0.6) is 0 Å². The summed E-state index contributed by atoms with van der Waals surface area (Å²) in [6.45, 7) is 9.70. The van der Waals surface area contributed by atoms with Crippen LogP contribution in [-0.2, 0) is 6.42 Å². The van der Waals surface area contributed by atoms with Gasteiger partial charge in [0.25, 0.3) is 0 Å². The molecule has 17 heavy (non-hydrogen) atoms. The summed E-state index contributed by atoms with van der Waals surface area (Å²) in [5.74, 6) is 1.42. The molecule has 92 valence electrons. The largest absolute Gasteiger partial charge is 0.245 e. The van der Waals surface area contributed by atoms with Crippen molar-refractivity contribution in [3.63, 3.8) is 0 Å². The van der Waals surface area contributed by atoms with E-state index in [-0.39, 0.29) is 0 Å². The summed E-state index contributed by atoms with van der Waals surface area (Å²) < 4.78 is 0. The van der Waals surface area contributed by atoms with Gasteiger partial charge in [-0.25, -0.2) is 9.97 Å². The second-order valence-electron chi connectivity index (χ2n) is 7.21. The van der Waals surface area contributed by atoms with E-state index in [1.54, 1.807) is 6.33 Å². The molecule has 1 fully saturated rings. The van der Waals surface area contributed by atoms with Crippen molar-refractivity contribution in [3.8, 4) is 0 Å². The van der Waals surface area contributed by atoms with Gasteiger partial charge >= 0.3 is 0 Å². The van der Waals surface area contributed by atoms with Gasteiger partial charge in [-0.15, -0.1) is 0 Å². The zero-order chi connectivity index (χ0) is 12.3. The molecule has 0 spiro atoms. The molecule has 0 radical (unpaired) electrons. The van der Waals surface area contributed by atoms with Gasteiger partial charge in [0, 0.05) is 12.1 Å². The molecular formula is C15H22N2. The molecule has 3 rings (SSSR count). The first-order valence-electron chi connectivity index (χ1n) is 6.71. The Hall–Kier alpha value is -0.920. The average Bonchev–Trinajstić information content (AvgIpc) is 2.44. The lowest BCUT2D eigenvalue weighted by molar-refractivity contribution is 0.219. The lowest BCUT2D eigenvalue weighted by Gasteiger charge is -2.37. The van der Waals surface area contributed by atoms with Crippen LogP contribution in [0.4, 0.5) is 0 Å². The summed E-state index contributed by atoms with van der Waals surface area (Å²) in [6.07, 6.45) is 7.53. The molecule has 2 aliphatic rings. The van der Waals surface area contributed by atoms with Crippen molar-refractivity contribution >= 4 is 0 Å². The van der Waals surface area contributed by atoms with Gasteiger partial charge in [-0.1, -0.05) is 27.7 Å². The van der Waals surface area contributed by atoms with E-state index in [0.29, 0.717) is 16.7 Å². The lowest BCUT2D eigenvalue weighted by atomic mass is 9.68. The highest BCUT2D eigenvalue weighted by molar-refractivity contribution is 5.29. The van der Waals surface area contributed by atoms with Crippen LogP contribution in [0.1, 0.15) is 57.7 Å². The standard InChI is InChI=1S/C15H22N2/c1-14(2)8-15(3,4)12-11(14)6-5-10-7-16-9-17-13(10)12/h7,9,11-12H,5-6,8H2,1-4H3. The highest BCUT2D eigenvalue weighted by Gasteiger charge is 2.54. The quantitative estimate of drug-likeness (QED) is 0.681. The Bertz CT molecular complexity index is 448. The van der Waals surface area contributed by atoms with Crippen molar-refractivity contribution in [2.45, 2.75) is 52.9 Å². The minimum Gasteiger partial charge on any atom is -0.245 e.